The summed E-state index contributed by atoms with van der Waals surface area (Å²) in [5.41, 5.74) is 0. The van der Waals surface area contributed by atoms with Crippen LogP contribution < -0.4 is 0 Å². The third-order valence-electron chi connectivity index (χ3n) is 2.20. The molecule has 0 saturated heterocycles. The van der Waals surface area contributed by atoms with Gasteiger partial charge in [-0.15, -0.1) is 0 Å². The largest absolute Gasteiger partial charge is 0.246 e. The van der Waals surface area contributed by atoms with E-state index in [1.165, 1.54) is 43.2 Å². The van der Waals surface area contributed by atoms with Crippen molar-refractivity contribution in [2.45, 2.75) is 31.6 Å². The van der Waals surface area contributed by atoms with Crippen LogP contribution in [0.2, 0.25) is 0 Å². The van der Waals surface area contributed by atoms with Gasteiger partial charge in [0.15, 0.2) is 5.13 Å². The van der Waals surface area contributed by atoms with Crippen molar-refractivity contribution in [2.75, 3.05) is 0 Å². The summed E-state index contributed by atoms with van der Waals surface area (Å²) in [4.78, 5) is 4.04. The Morgan fingerprint density at radius 1 is 1.45 bits per heavy atom. The molecule has 1 nitrogen and oxygen atoms in total. The first-order valence-electron chi connectivity index (χ1n) is 3.97. The molecule has 0 atom stereocenters. The van der Waals surface area contributed by atoms with E-state index < -0.39 is 0 Å². The average Bonchev–Trinajstić information content (AvgIpc) is 2.55. The molecule has 60 valence electrons. The molecule has 0 amide bonds. The molecule has 1 aromatic rings. The Labute approximate surface area is 69.3 Å². The van der Waals surface area contributed by atoms with Crippen molar-refractivity contribution in [1.29, 1.82) is 0 Å². The van der Waals surface area contributed by atoms with E-state index in [1.54, 1.807) is 0 Å². The minimum absolute atomic E-state index is 0.146. The monoisotopic (exact) mass is 171 g/mol. The molecule has 1 aliphatic carbocycles. The zero-order chi connectivity index (χ0) is 7.68. The lowest BCUT2D eigenvalue weighted by atomic mass is 10.1. The van der Waals surface area contributed by atoms with Crippen molar-refractivity contribution in [3.63, 3.8) is 0 Å². The van der Waals surface area contributed by atoms with Crippen LogP contribution in [-0.2, 0) is 0 Å². The van der Waals surface area contributed by atoms with E-state index >= 15 is 0 Å². The number of nitrogens with zero attached hydrogens (tertiary/aromatic N) is 1. The smallest absolute Gasteiger partial charge is 0.196 e. The van der Waals surface area contributed by atoms with Crippen molar-refractivity contribution in [1.82, 2.24) is 4.98 Å². The first-order chi connectivity index (χ1) is 5.36. The van der Waals surface area contributed by atoms with Gasteiger partial charge in [0.05, 0.1) is 11.2 Å². The molecule has 1 saturated carbocycles. The van der Waals surface area contributed by atoms with Gasteiger partial charge in [-0.3, -0.25) is 0 Å². The van der Waals surface area contributed by atoms with Gasteiger partial charge >= 0.3 is 0 Å². The maximum atomic E-state index is 12.5. The molecule has 0 spiro atoms. The van der Waals surface area contributed by atoms with Crippen molar-refractivity contribution in [2.24, 2.45) is 0 Å². The maximum absolute atomic E-state index is 12.5. The molecule has 3 heteroatoms. The van der Waals surface area contributed by atoms with Crippen LogP contribution in [0, 0.1) is 5.13 Å². The minimum atomic E-state index is -0.146. The van der Waals surface area contributed by atoms with E-state index in [1.807, 2.05) is 0 Å². The van der Waals surface area contributed by atoms with Gasteiger partial charge in [0.25, 0.3) is 0 Å². The highest BCUT2D eigenvalue weighted by atomic mass is 32.1. The Bertz CT molecular complexity index is 240. The molecule has 0 aromatic carbocycles. The highest BCUT2D eigenvalue weighted by Crippen LogP contribution is 2.35. The topological polar surface area (TPSA) is 12.9 Å². The van der Waals surface area contributed by atoms with Crippen LogP contribution in [0.15, 0.2) is 6.20 Å². The maximum Gasteiger partial charge on any atom is 0.196 e. The van der Waals surface area contributed by atoms with Crippen molar-refractivity contribution < 1.29 is 4.39 Å². The average molecular weight is 171 g/mol. The van der Waals surface area contributed by atoms with Gasteiger partial charge in [0, 0.05) is 5.92 Å². The molecular formula is C8H10FNS. The molecule has 1 heterocycles. The van der Waals surface area contributed by atoms with Gasteiger partial charge in [-0.05, 0) is 12.8 Å². The Balaban J connectivity index is 2.15. The van der Waals surface area contributed by atoms with Crippen LogP contribution in [0.5, 0.6) is 0 Å². The van der Waals surface area contributed by atoms with Crippen LogP contribution in [-0.4, -0.2) is 4.98 Å². The lowest BCUT2D eigenvalue weighted by Gasteiger charge is -2.01. The Morgan fingerprint density at radius 2 is 2.18 bits per heavy atom. The fourth-order valence-electron chi connectivity index (χ4n) is 1.63. The molecule has 1 aliphatic rings. The highest BCUT2D eigenvalue weighted by Gasteiger charge is 2.19. The van der Waals surface area contributed by atoms with Crippen LogP contribution in [0.4, 0.5) is 4.39 Å². The molecule has 11 heavy (non-hydrogen) atoms. The van der Waals surface area contributed by atoms with Crippen LogP contribution >= 0.6 is 11.3 Å². The zero-order valence-electron chi connectivity index (χ0n) is 6.22. The Kier molecular flexibility index (Phi) is 1.90. The third-order valence-corrected chi connectivity index (χ3v) is 3.15. The van der Waals surface area contributed by atoms with Gasteiger partial charge in [0.1, 0.15) is 0 Å². The van der Waals surface area contributed by atoms with Gasteiger partial charge in [-0.1, -0.05) is 24.2 Å². The number of thiazole rings is 1. The van der Waals surface area contributed by atoms with E-state index in [2.05, 4.69) is 4.98 Å². The Hall–Kier alpha value is -0.440. The molecule has 0 radical (unpaired) electrons. The Morgan fingerprint density at radius 3 is 2.73 bits per heavy atom. The second-order valence-electron chi connectivity index (χ2n) is 2.98. The van der Waals surface area contributed by atoms with Crippen LogP contribution in [0.3, 0.4) is 0 Å². The summed E-state index contributed by atoms with van der Waals surface area (Å²) in [5, 5.41) is 0.854. The zero-order valence-corrected chi connectivity index (χ0v) is 7.03. The summed E-state index contributed by atoms with van der Waals surface area (Å²) in [7, 11) is 0. The van der Waals surface area contributed by atoms with Crippen LogP contribution in [0.25, 0.3) is 0 Å². The van der Waals surface area contributed by atoms with Crippen molar-refractivity contribution in [3.8, 4) is 0 Å². The molecule has 0 unspecified atom stereocenters. The van der Waals surface area contributed by atoms with Crippen LogP contribution in [0.1, 0.15) is 36.6 Å². The first kappa shape index (κ1) is 7.22. The second-order valence-corrected chi connectivity index (χ2v) is 4.00. The summed E-state index contributed by atoms with van der Waals surface area (Å²) in [6.07, 6.45) is 6.30. The van der Waals surface area contributed by atoms with Gasteiger partial charge in [0.2, 0.25) is 0 Å². The van der Waals surface area contributed by atoms with Gasteiger partial charge in [-0.25, -0.2) is 4.98 Å². The number of halogens is 1. The fourth-order valence-corrected chi connectivity index (χ4v) is 2.44. The summed E-state index contributed by atoms with van der Waals surface area (Å²) in [6.45, 7) is 0. The van der Waals surface area contributed by atoms with E-state index in [0.717, 1.165) is 5.01 Å². The molecular weight excluding hydrogens is 161 g/mol. The lowest BCUT2D eigenvalue weighted by Crippen LogP contribution is -1.88. The fraction of sp³-hybridized carbons (Fsp3) is 0.625. The lowest BCUT2D eigenvalue weighted by molar-refractivity contribution is 0.653. The highest BCUT2D eigenvalue weighted by molar-refractivity contribution is 7.10. The second kappa shape index (κ2) is 2.89. The standard InChI is InChI=1S/C8H10FNS/c9-7-5-10-8(11-7)6-3-1-2-4-6/h5-6H,1-4H2. The molecule has 0 bridgehead atoms. The normalized spacial score (nSPS) is 19.4. The van der Waals surface area contributed by atoms with Crippen molar-refractivity contribution in [3.05, 3.63) is 16.3 Å². The molecule has 2 rings (SSSR count). The number of aromatic nitrogens is 1. The summed E-state index contributed by atoms with van der Waals surface area (Å²) < 4.78 is 12.5. The minimum Gasteiger partial charge on any atom is -0.246 e. The van der Waals surface area contributed by atoms with Gasteiger partial charge < -0.3 is 0 Å². The number of hydrogen-bond donors (Lipinski definition) is 0. The third kappa shape index (κ3) is 1.43. The SMILES string of the molecule is Fc1cnc(C2CCCC2)s1. The van der Waals surface area contributed by atoms with Crippen molar-refractivity contribution >= 4 is 11.3 Å². The van der Waals surface area contributed by atoms with E-state index in [-0.39, 0.29) is 5.13 Å². The van der Waals surface area contributed by atoms with E-state index in [9.17, 15) is 4.39 Å². The van der Waals surface area contributed by atoms with Gasteiger partial charge in [-0.2, -0.15) is 4.39 Å². The molecule has 0 N–H and O–H groups in total. The summed E-state index contributed by atoms with van der Waals surface area (Å²) in [6, 6.07) is 0. The van der Waals surface area contributed by atoms with E-state index in [4.69, 9.17) is 0 Å². The first-order valence-corrected chi connectivity index (χ1v) is 4.79. The predicted octanol–water partition coefficient (Wildman–Crippen LogP) is 2.94. The number of hydrogen-bond acceptors (Lipinski definition) is 2. The summed E-state index contributed by atoms with van der Waals surface area (Å²) in [5.74, 6) is 0.560. The van der Waals surface area contributed by atoms with E-state index in [0.29, 0.717) is 5.92 Å². The number of rotatable bonds is 1. The quantitative estimate of drug-likeness (QED) is 0.633. The summed E-state index contributed by atoms with van der Waals surface area (Å²) >= 11 is 1.21. The predicted molar refractivity (Wildman–Crippen MR) is 43.3 cm³/mol. The molecule has 1 aromatic heterocycles. The molecule has 1 fully saturated rings. The molecule has 0 aliphatic heterocycles.